The Hall–Kier alpha value is -2.37. The van der Waals surface area contributed by atoms with Crippen molar-refractivity contribution in [3.05, 3.63) is 36.4 Å². The Balaban J connectivity index is 1.94. The van der Waals surface area contributed by atoms with Crippen molar-refractivity contribution < 1.29 is 4.79 Å². The molecule has 0 atom stereocenters. The van der Waals surface area contributed by atoms with Crippen molar-refractivity contribution in [1.82, 2.24) is 14.8 Å². The van der Waals surface area contributed by atoms with Gasteiger partial charge in [0.05, 0.1) is 24.5 Å². The zero-order valence-corrected chi connectivity index (χ0v) is 11.6. The monoisotopic (exact) mass is 271 g/mol. The highest BCUT2D eigenvalue weighted by Crippen LogP contribution is 2.30. The first-order chi connectivity index (χ1) is 9.66. The highest BCUT2D eigenvalue weighted by Gasteiger charge is 2.25. The maximum Gasteiger partial charge on any atom is 0.246 e. The summed E-state index contributed by atoms with van der Waals surface area (Å²) >= 11 is 0. The van der Waals surface area contributed by atoms with Crippen molar-refractivity contribution in [3.8, 4) is 0 Å². The third-order valence-corrected chi connectivity index (χ3v) is 3.36. The van der Waals surface area contributed by atoms with E-state index in [0.29, 0.717) is 13.1 Å². The van der Waals surface area contributed by atoms with Gasteiger partial charge in [0.2, 0.25) is 5.91 Å². The van der Waals surface area contributed by atoms with Crippen LogP contribution in [-0.4, -0.2) is 27.2 Å². The molecule has 6 heteroatoms. The number of anilines is 2. The number of hydrogen-bond donors (Lipinski definition) is 1. The first-order valence-corrected chi connectivity index (χ1v) is 6.68. The Morgan fingerprint density at radius 1 is 1.35 bits per heavy atom. The molecule has 1 aromatic heterocycles. The molecule has 1 aromatic carbocycles. The van der Waals surface area contributed by atoms with E-state index in [4.69, 9.17) is 0 Å². The van der Waals surface area contributed by atoms with Crippen LogP contribution in [0, 0.1) is 0 Å². The summed E-state index contributed by atoms with van der Waals surface area (Å²) in [7, 11) is 0. The molecule has 0 unspecified atom stereocenters. The van der Waals surface area contributed by atoms with Crippen LogP contribution in [0.5, 0.6) is 0 Å². The summed E-state index contributed by atoms with van der Waals surface area (Å²) in [6.07, 6.45) is 1.54. The fraction of sp³-hybridized carbons (Fsp3) is 0.357. The summed E-state index contributed by atoms with van der Waals surface area (Å²) in [6.45, 7) is 4.85. The zero-order valence-electron chi connectivity index (χ0n) is 11.6. The molecule has 0 saturated heterocycles. The van der Waals surface area contributed by atoms with E-state index in [9.17, 15) is 4.79 Å². The number of carbonyl (C=O) groups is 1. The van der Waals surface area contributed by atoms with E-state index in [-0.39, 0.29) is 11.9 Å². The molecular formula is C14H17N5O. The van der Waals surface area contributed by atoms with Crippen LogP contribution >= 0.6 is 0 Å². The van der Waals surface area contributed by atoms with Crippen LogP contribution in [0.4, 0.5) is 11.4 Å². The van der Waals surface area contributed by atoms with Crippen molar-refractivity contribution >= 4 is 17.3 Å². The van der Waals surface area contributed by atoms with E-state index in [0.717, 1.165) is 17.2 Å². The van der Waals surface area contributed by atoms with Gasteiger partial charge in [-0.1, -0.05) is 12.1 Å². The molecule has 20 heavy (non-hydrogen) atoms. The van der Waals surface area contributed by atoms with Gasteiger partial charge in [-0.05, 0) is 26.0 Å². The van der Waals surface area contributed by atoms with Crippen LogP contribution in [0.25, 0.3) is 0 Å². The molecule has 0 aliphatic carbocycles. The first-order valence-electron chi connectivity index (χ1n) is 6.68. The molecule has 2 aromatic rings. The molecule has 1 aliphatic rings. The quantitative estimate of drug-likeness (QED) is 0.925. The Morgan fingerprint density at radius 3 is 2.95 bits per heavy atom. The molecule has 1 aliphatic heterocycles. The lowest BCUT2D eigenvalue weighted by Gasteiger charge is -2.30. The Labute approximate surface area is 117 Å². The molecule has 0 bridgehead atoms. The van der Waals surface area contributed by atoms with Crippen molar-refractivity contribution in [2.24, 2.45) is 0 Å². The van der Waals surface area contributed by atoms with Gasteiger partial charge in [0.15, 0.2) is 0 Å². The smallest absolute Gasteiger partial charge is 0.246 e. The van der Waals surface area contributed by atoms with Crippen molar-refractivity contribution in [1.29, 1.82) is 0 Å². The number of nitrogens with one attached hydrogen (secondary N) is 1. The molecule has 2 heterocycles. The molecule has 1 amide bonds. The summed E-state index contributed by atoms with van der Waals surface area (Å²) in [5.41, 5.74) is 1.87. The van der Waals surface area contributed by atoms with E-state index in [1.807, 2.05) is 42.8 Å². The lowest BCUT2D eigenvalue weighted by atomic mass is 10.2. The number of para-hydroxylation sites is 2. The van der Waals surface area contributed by atoms with Gasteiger partial charge in [-0.3, -0.25) is 4.79 Å². The molecule has 0 fully saturated rings. The minimum Gasteiger partial charge on any atom is -0.374 e. The van der Waals surface area contributed by atoms with Gasteiger partial charge >= 0.3 is 0 Å². The van der Waals surface area contributed by atoms with E-state index in [1.165, 1.54) is 6.33 Å². The fourth-order valence-electron chi connectivity index (χ4n) is 2.39. The van der Waals surface area contributed by atoms with Gasteiger partial charge < -0.3 is 10.2 Å². The van der Waals surface area contributed by atoms with Crippen LogP contribution < -0.4 is 10.2 Å². The standard InChI is InChI=1S/C14H17N5O/c1-10(2)19-13(16-9-17-19)8-18-12-6-4-3-5-11(12)15-7-14(18)20/h3-6,9-10,15H,7-8H2,1-2H3. The van der Waals surface area contributed by atoms with E-state index in [2.05, 4.69) is 15.4 Å². The third kappa shape index (κ3) is 2.13. The summed E-state index contributed by atoms with van der Waals surface area (Å²) < 4.78 is 1.85. The van der Waals surface area contributed by atoms with Crippen LogP contribution in [-0.2, 0) is 11.3 Å². The van der Waals surface area contributed by atoms with Crippen molar-refractivity contribution in [3.63, 3.8) is 0 Å². The molecule has 0 radical (unpaired) electrons. The second-order valence-corrected chi connectivity index (χ2v) is 5.07. The normalized spacial score (nSPS) is 14.3. The second-order valence-electron chi connectivity index (χ2n) is 5.07. The average molecular weight is 271 g/mol. The van der Waals surface area contributed by atoms with Gasteiger partial charge in [0, 0.05) is 6.04 Å². The first kappa shape index (κ1) is 12.7. The lowest BCUT2D eigenvalue weighted by molar-refractivity contribution is -0.117. The third-order valence-electron chi connectivity index (χ3n) is 3.36. The topological polar surface area (TPSA) is 63.1 Å². The molecule has 3 rings (SSSR count). The largest absolute Gasteiger partial charge is 0.374 e. The van der Waals surface area contributed by atoms with E-state index >= 15 is 0 Å². The van der Waals surface area contributed by atoms with Crippen LogP contribution in [0.1, 0.15) is 25.7 Å². The summed E-state index contributed by atoms with van der Waals surface area (Å²) in [5, 5.41) is 7.34. The van der Waals surface area contributed by atoms with Crippen molar-refractivity contribution in [2.75, 3.05) is 16.8 Å². The Kier molecular flexibility index (Phi) is 3.14. The van der Waals surface area contributed by atoms with Gasteiger partial charge in [0.25, 0.3) is 0 Å². The van der Waals surface area contributed by atoms with Gasteiger partial charge in [0.1, 0.15) is 12.2 Å². The number of aromatic nitrogens is 3. The van der Waals surface area contributed by atoms with E-state index < -0.39 is 0 Å². The molecular weight excluding hydrogens is 254 g/mol. The number of fused-ring (bicyclic) bond motifs is 1. The SMILES string of the molecule is CC(C)n1ncnc1CN1C(=O)CNc2ccccc21. The summed E-state index contributed by atoms with van der Waals surface area (Å²) in [6, 6.07) is 8.02. The number of carbonyl (C=O) groups excluding carboxylic acids is 1. The van der Waals surface area contributed by atoms with Gasteiger partial charge in [-0.15, -0.1) is 0 Å². The molecule has 1 N–H and O–H groups in total. The fourth-order valence-corrected chi connectivity index (χ4v) is 2.39. The number of amides is 1. The molecule has 104 valence electrons. The highest BCUT2D eigenvalue weighted by molar-refractivity contribution is 6.02. The Bertz CT molecular complexity index is 634. The Morgan fingerprint density at radius 2 is 2.15 bits per heavy atom. The minimum atomic E-state index is 0.0435. The molecule has 0 spiro atoms. The average Bonchev–Trinajstić information content (AvgIpc) is 2.90. The highest BCUT2D eigenvalue weighted by atomic mass is 16.2. The second kappa shape index (κ2) is 4.96. The van der Waals surface area contributed by atoms with Crippen LogP contribution in [0.2, 0.25) is 0 Å². The van der Waals surface area contributed by atoms with Crippen LogP contribution in [0.15, 0.2) is 30.6 Å². The number of nitrogens with zero attached hydrogens (tertiary/aromatic N) is 4. The molecule has 0 saturated carbocycles. The maximum absolute atomic E-state index is 12.2. The predicted molar refractivity (Wildman–Crippen MR) is 76.5 cm³/mol. The van der Waals surface area contributed by atoms with Crippen LogP contribution in [0.3, 0.4) is 0 Å². The number of rotatable bonds is 3. The molecule has 6 nitrogen and oxygen atoms in total. The number of hydrogen-bond acceptors (Lipinski definition) is 4. The zero-order chi connectivity index (χ0) is 14.1. The summed E-state index contributed by atoms with van der Waals surface area (Å²) in [4.78, 5) is 18.2. The van der Waals surface area contributed by atoms with Gasteiger partial charge in [-0.2, -0.15) is 5.10 Å². The van der Waals surface area contributed by atoms with Crippen molar-refractivity contribution in [2.45, 2.75) is 26.4 Å². The summed E-state index contributed by atoms with van der Waals surface area (Å²) in [5.74, 6) is 0.840. The lowest BCUT2D eigenvalue weighted by Crippen LogP contribution is -2.40. The maximum atomic E-state index is 12.2. The van der Waals surface area contributed by atoms with E-state index in [1.54, 1.807) is 4.90 Å². The minimum absolute atomic E-state index is 0.0435. The number of benzene rings is 1. The van der Waals surface area contributed by atoms with Gasteiger partial charge in [-0.25, -0.2) is 9.67 Å². The predicted octanol–water partition coefficient (Wildman–Crippen LogP) is 1.82.